The van der Waals surface area contributed by atoms with Crippen molar-refractivity contribution in [3.63, 3.8) is 0 Å². The van der Waals surface area contributed by atoms with Crippen molar-refractivity contribution in [1.29, 1.82) is 0 Å². The third kappa shape index (κ3) is 5.01. The summed E-state index contributed by atoms with van der Waals surface area (Å²) in [7, 11) is 0. The zero-order valence-electron chi connectivity index (χ0n) is 20.5. The molecule has 12 heteroatoms. The lowest BCUT2D eigenvalue weighted by molar-refractivity contribution is -0.138. The van der Waals surface area contributed by atoms with Crippen molar-refractivity contribution in [2.75, 3.05) is 62.2 Å². The van der Waals surface area contributed by atoms with Gasteiger partial charge in [-0.05, 0) is 43.2 Å². The summed E-state index contributed by atoms with van der Waals surface area (Å²) in [5.74, 6) is -0.0938. The molecular formula is C25H29F3N6O3. The van der Waals surface area contributed by atoms with Gasteiger partial charge in [0, 0.05) is 63.9 Å². The SMILES string of the molecule is CCOC(=O)N1CCN(C(=O)[C@@H]2Cc3cc(C(F)(F)F)ccc3N3CCN(c4ncccn4)C[C@H]23)CC1. The fourth-order valence-electron chi connectivity index (χ4n) is 5.48. The maximum atomic E-state index is 13.8. The summed E-state index contributed by atoms with van der Waals surface area (Å²) in [6.45, 7) is 5.01. The Bertz CT molecular complexity index is 1140. The van der Waals surface area contributed by atoms with Crippen LogP contribution in [0.15, 0.2) is 36.7 Å². The fraction of sp³-hybridized carbons (Fsp3) is 0.520. The highest BCUT2D eigenvalue weighted by atomic mass is 19.4. The van der Waals surface area contributed by atoms with Crippen molar-refractivity contribution in [3.05, 3.63) is 47.8 Å². The molecule has 2 amide bonds. The molecule has 3 aliphatic rings. The van der Waals surface area contributed by atoms with Crippen LogP contribution in [0.4, 0.5) is 29.6 Å². The number of hydrogen-bond donors (Lipinski definition) is 0. The number of benzene rings is 1. The van der Waals surface area contributed by atoms with Crippen LogP contribution >= 0.6 is 0 Å². The number of rotatable bonds is 3. The Morgan fingerprint density at radius 3 is 2.41 bits per heavy atom. The molecule has 2 aromatic rings. The molecule has 2 saturated heterocycles. The van der Waals surface area contributed by atoms with Gasteiger partial charge in [-0.3, -0.25) is 4.79 Å². The van der Waals surface area contributed by atoms with Gasteiger partial charge in [0.1, 0.15) is 0 Å². The predicted octanol–water partition coefficient (Wildman–Crippen LogP) is 2.66. The Morgan fingerprint density at radius 1 is 1.03 bits per heavy atom. The summed E-state index contributed by atoms with van der Waals surface area (Å²) in [5, 5.41) is 0. The summed E-state index contributed by atoms with van der Waals surface area (Å²) >= 11 is 0. The zero-order chi connectivity index (χ0) is 26.2. The Morgan fingerprint density at radius 2 is 1.73 bits per heavy atom. The molecule has 2 fully saturated rings. The summed E-state index contributed by atoms with van der Waals surface area (Å²) in [6.07, 6.45) is -1.33. The molecule has 0 radical (unpaired) electrons. The molecule has 0 spiro atoms. The molecule has 0 bridgehead atoms. The summed E-state index contributed by atoms with van der Waals surface area (Å²) < 4.78 is 45.5. The van der Waals surface area contributed by atoms with Gasteiger partial charge in [-0.25, -0.2) is 14.8 Å². The van der Waals surface area contributed by atoms with Gasteiger partial charge in [0.25, 0.3) is 0 Å². The number of anilines is 2. The molecule has 4 heterocycles. The number of ether oxygens (including phenoxy) is 1. The van der Waals surface area contributed by atoms with Gasteiger partial charge in [-0.2, -0.15) is 13.2 Å². The van der Waals surface area contributed by atoms with Crippen molar-refractivity contribution >= 4 is 23.6 Å². The topological polar surface area (TPSA) is 82.1 Å². The van der Waals surface area contributed by atoms with Crippen molar-refractivity contribution in [2.45, 2.75) is 25.6 Å². The molecular weight excluding hydrogens is 489 g/mol. The molecule has 9 nitrogen and oxygen atoms in total. The monoisotopic (exact) mass is 518 g/mol. The van der Waals surface area contributed by atoms with E-state index in [1.807, 2.05) is 4.90 Å². The van der Waals surface area contributed by atoms with Crippen LogP contribution in [0.2, 0.25) is 0 Å². The van der Waals surface area contributed by atoms with Crippen LogP contribution in [0.25, 0.3) is 0 Å². The first-order chi connectivity index (χ1) is 17.8. The van der Waals surface area contributed by atoms with Crippen LogP contribution < -0.4 is 9.80 Å². The molecule has 5 rings (SSSR count). The molecule has 37 heavy (non-hydrogen) atoms. The quantitative estimate of drug-likeness (QED) is 0.618. The van der Waals surface area contributed by atoms with Crippen LogP contribution in [0.5, 0.6) is 0 Å². The maximum absolute atomic E-state index is 13.8. The van der Waals surface area contributed by atoms with E-state index >= 15 is 0 Å². The van der Waals surface area contributed by atoms with Crippen LogP contribution in [-0.4, -0.2) is 90.2 Å². The highest BCUT2D eigenvalue weighted by Gasteiger charge is 2.44. The van der Waals surface area contributed by atoms with Crippen LogP contribution in [0.3, 0.4) is 0 Å². The summed E-state index contributed by atoms with van der Waals surface area (Å²) in [5.41, 5.74) is 0.553. The number of carbonyl (C=O) groups excluding carboxylic acids is 2. The van der Waals surface area contributed by atoms with E-state index in [-0.39, 0.29) is 25.0 Å². The minimum Gasteiger partial charge on any atom is -0.450 e. The molecule has 2 atom stereocenters. The van der Waals surface area contributed by atoms with Crippen LogP contribution in [-0.2, 0) is 22.1 Å². The van der Waals surface area contributed by atoms with E-state index in [0.717, 1.165) is 11.8 Å². The smallest absolute Gasteiger partial charge is 0.416 e. The number of carbonyl (C=O) groups is 2. The van der Waals surface area contributed by atoms with Crippen molar-refractivity contribution in [1.82, 2.24) is 19.8 Å². The minimum atomic E-state index is -4.46. The van der Waals surface area contributed by atoms with Gasteiger partial charge in [0.2, 0.25) is 11.9 Å². The molecule has 1 aromatic carbocycles. The number of aromatic nitrogens is 2. The van der Waals surface area contributed by atoms with E-state index in [9.17, 15) is 22.8 Å². The normalized spacial score (nSPS) is 21.8. The minimum absolute atomic E-state index is 0.114. The van der Waals surface area contributed by atoms with Crippen molar-refractivity contribution < 1.29 is 27.5 Å². The lowest BCUT2D eigenvalue weighted by Gasteiger charge is -2.50. The van der Waals surface area contributed by atoms with Crippen LogP contribution in [0.1, 0.15) is 18.1 Å². The molecule has 3 aliphatic heterocycles. The number of fused-ring (bicyclic) bond motifs is 3. The average Bonchev–Trinajstić information content (AvgIpc) is 2.91. The maximum Gasteiger partial charge on any atom is 0.416 e. The first kappa shape index (κ1) is 25.1. The third-order valence-corrected chi connectivity index (χ3v) is 7.31. The number of alkyl halides is 3. The second-order valence-electron chi connectivity index (χ2n) is 9.42. The second-order valence-corrected chi connectivity index (χ2v) is 9.42. The van der Waals surface area contributed by atoms with E-state index in [4.69, 9.17) is 4.74 Å². The lowest BCUT2D eigenvalue weighted by Crippen LogP contribution is -2.63. The Hall–Kier alpha value is -3.57. The number of nitrogens with zero attached hydrogens (tertiary/aromatic N) is 6. The van der Waals surface area contributed by atoms with Gasteiger partial charge >= 0.3 is 12.3 Å². The Kier molecular flexibility index (Phi) is 6.82. The van der Waals surface area contributed by atoms with Crippen LogP contribution in [0, 0.1) is 5.92 Å². The Balaban J connectivity index is 1.41. The standard InChI is InChI=1S/C25H29F3N6O3/c1-2-37-24(36)32-10-8-31(9-11-32)22(35)19-15-17-14-18(25(26,27)28)4-5-20(17)34-13-12-33(16-21(19)34)23-29-6-3-7-30-23/h3-7,14,19,21H,2,8-13,15-16H2,1H3/t19-,21-/m1/s1. The van der Waals surface area contributed by atoms with E-state index in [2.05, 4.69) is 14.9 Å². The Labute approximate surface area is 212 Å². The molecule has 0 saturated carbocycles. The number of amides is 2. The molecule has 1 aromatic heterocycles. The van der Waals surface area contributed by atoms with E-state index in [1.165, 1.54) is 12.1 Å². The molecule has 0 N–H and O–H groups in total. The first-order valence-electron chi connectivity index (χ1n) is 12.5. The largest absolute Gasteiger partial charge is 0.450 e. The van der Waals surface area contributed by atoms with E-state index in [1.54, 1.807) is 35.2 Å². The first-order valence-corrected chi connectivity index (χ1v) is 12.5. The highest BCUT2D eigenvalue weighted by Crippen LogP contribution is 2.40. The lowest BCUT2D eigenvalue weighted by atomic mass is 9.82. The van der Waals surface area contributed by atoms with Crippen molar-refractivity contribution in [3.8, 4) is 0 Å². The van der Waals surface area contributed by atoms with Gasteiger partial charge < -0.3 is 24.3 Å². The number of hydrogen-bond acceptors (Lipinski definition) is 7. The summed E-state index contributed by atoms with van der Waals surface area (Å²) in [4.78, 5) is 42.0. The number of piperazine rings is 2. The summed E-state index contributed by atoms with van der Waals surface area (Å²) in [6, 6.07) is 5.30. The molecule has 0 aliphatic carbocycles. The van der Waals surface area contributed by atoms with Crippen molar-refractivity contribution in [2.24, 2.45) is 5.92 Å². The van der Waals surface area contributed by atoms with Gasteiger partial charge in [0.15, 0.2) is 0 Å². The second kappa shape index (κ2) is 10.1. The molecule has 198 valence electrons. The average molecular weight is 519 g/mol. The number of halogens is 3. The van der Waals surface area contributed by atoms with Gasteiger partial charge in [-0.1, -0.05) is 0 Å². The predicted molar refractivity (Wildman–Crippen MR) is 129 cm³/mol. The van der Waals surface area contributed by atoms with E-state index < -0.39 is 23.8 Å². The fourth-order valence-corrected chi connectivity index (χ4v) is 5.48. The molecule has 0 unspecified atom stereocenters. The van der Waals surface area contributed by atoms with E-state index in [0.29, 0.717) is 57.3 Å². The van der Waals surface area contributed by atoms with Gasteiger partial charge in [0.05, 0.1) is 24.1 Å². The third-order valence-electron chi connectivity index (χ3n) is 7.31. The zero-order valence-corrected chi connectivity index (χ0v) is 20.5. The highest BCUT2D eigenvalue weighted by molar-refractivity contribution is 5.83. The van der Waals surface area contributed by atoms with Gasteiger partial charge in [-0.15, -0.1) is 0 Å².